The molecule has 3 heterocycles. The Morgan fingerprint density at radius 2 is 2.14 bits per heavy atom. The number of thiazole rings is 1. The van der Waals surface area contributed by atoms with Gasteiger partial charge < -0.3 is 0 Å². The average Bonchev–Trinajstić information content (AvgIpc) is 3.12. The smallest absolute Gasteiger partial charge is 0.277 e. The molecule has 0 bridgehead atoms. The highest BCUT2D eigenvalue weighted by atomic mass is 32.1. The maximum Gasteiger partial charge on any atom is 0.277 e. The van der Waals surface area contributed by atoms with Crippen molar-refractivity contribution < 1.29 is 4.79 Å². The van der Waals surface area contributed by atoms with E-state index in [0.29, 0.717) is 5.13 Å². The molecular weight excluding hydrogens is 308 g/mol. The molecule has 6 nitrogen and oxygen atoms in total. The molecule has 0 saturated carbocycles. The molecule has 0 aliphatic carbocycles. The van der Waals surface area contributed by atoms with Crippen molar-refractivity contribution in [1.82, 2.24) is 14.8 Å². The molecule has 106 valence electrons. The van der Waals surface area contributed by atoms with Crippen LogP contribution >= 0.6 is 22.7 Å². The lowest BCUT2D eigenvalue weighted by Crippen LogP contribution is -2.23. The van der Waals surface area contributed by atoms with Crippen molar-refractivity contribution in [2.24, 2.45) is 7.05 Å². The molecule has 3 aromatic heterocycles. The molecule has 3 aromatic rings. The number of carbonyl (C=O) groups excluding carboxylic acids is 1. The number of hydrogen-bond donors (Lipinski definition) is 1. The van der Waals surface area contributed by atoms with Crippen molar-refractivity contribution in [1.29, 1.82) is 0 Å². The average molecular weight is 318 g/mol. The maximum absolute atomic E-state index is 12.1. The Morgan fingerprint density at radius 3 is 2.86 bits per heavy atom. The van der Waals surface area contributed by atoms with Crippen LogP contribution in [-0.2, 0) is 7.05 Å². The summed E-state index contributed by atoms with van der Waals surface area (Å²) in [4.78, 5) is 28.7. The van der Waals surface area contributed by atoms with Gasteiger partial charge in [0.25, 0.3) is 11.5 Å². The van der Waals surface area contributed by atoms with Gasteiger partial charge in [-0.15, -0.1) is 22.7 Å². The van der Waals surface area contributed by atoms with E-state index in [4.69, 9.17) is 0 Å². The summed E-state index contributed by atoms with van der Waals surface area (Å²) in [5.41, 5.74) is 0.740. The molecule has 21 heavy (non-hydrogen) atoms. The first kappa shape index (κ1) is 13.7. The van der Waals surface area contributed by atoms with Crippen molar-refractivity contribution in [3.8, 4) is 10.6 Å². The summed E-state index contributed by atoms with van der Waals surface area (Å²) in [6.45, 7) is 0. The fraction of sp³-hybridized carbons (Fsp3) is 0.0769. The molecule has 3 rings (SSSR count). The second-order valence-corrected chi connectivity index (χ2v) is 5.96. The van der Waals surface area contributed by atoms with Gasteiger partial charge in [0.2, 0.25) is 0 Å². The first-order valence-electron chi connectivity index (χ1n) is 5.98. The summed E-state index contributed by atoms with van der Waals surface area (Å²) in [6, 6.07) is 6.62. The standard InChI is InChI=1S/C13H10N4O2S2/c1-17-11(18)5-4-8(16-17)12(19)15-13-14-9(7-21-13)10-3-2-6-20-10/h2-7H,1H3,(H,14,15,19). The lowest BCUT2D eigenvalue weighted by Gasteiger charge is -2.02. The fourth-order valence-electron chi connectivity index (χ4n) is 1.65. The summed E-state index contributed by atoms with van der Waals surface area (Å²) in [5.74, 6) is -0.391. The van der Waals surface area contributed by atoms with E-state index in [1.807, 2.05) is 22.9 Å². The van der Waals surface area contributed by atoms with Gasteiger partial charge in [-0.3, -0.25) is 14.9 Å². The largest absolute Gasteiger partial charge is 0.296 e. The third-order valence-electron chi connectivity index (χ3n) is 2.69. The molecule has 0 atom stereocenters. The number of aromatic nitrogens is 3. The first-order chi connectivity index (χ1) is 10.1. The quantitative estimate of drug-likeness (QED) is 0.803. The van der Waals surface area contributed by atoms with Gasteiger partial charge in [0.1, 0.15) is 5.69 Å². The Labute approximate surface area is 127 Å². The highest BCUT2D eigenvalue weighted by Crippen LogP contribution is 2.28. The van der Waals surface area contributed by atoms with E-state index in [1.165, 1.54) is 30.5 Å². The van der Waals surface area contributed by atoms with Crippen molar-refractivity contribution in [2.45, 2.75) is 0 Å². The molecule has 8 heteroatoms. The van der Waals surface area contributed by atoms with Crippen LogP contribution in [0.5, 0.6) is 0 Å². The monoisotopic (exact) mass is 318 g/mol. The summed E-state index contributed by atoms with van der Waals surface area (Å²) in [7, 11) is 1.50. The van der Waals surface area contributed by atoms with Gasteiger partial charge in [0.15, 0.2) is 5.13 Å². The molecular formula is C13H10N4O2S2. The number of thiophene rings is 1. The zero-order valence-corrected chi connectivity index (χ0v) is 12.6. The Morgan fingerprint density at radius 1 is 1.29 bits per heavy atom. The van der Waals surface area contributed by atoms with E-state index in [9.17, 15) is 9.59 Å². The van der Waals surface area contributed by atoms with Crippen LogP contribution < -0.4 is 10.9 Å². The number of carbonyl (C=O) groups is 1. The van der Waals surface area contributed by atoms with Crippen LogP contribution in [0.15, 0.2) is 39.8 Å². The molecule has 1 N–H and O–H groups in total. The summed E-state index contributed by atoms with van der Waals surface area (Å²) < 4.78 is 1.12. The number of aryl methyl sites for hydroxylation is 1. The number of nitrogens with zero attached hydrogens (tertiary/aromatic N) is 3. The van der Waals surface area contributed by atoms with Crippen molar-refractivity contribution in [2.75, 3.05) is 5.32 Å². The number of rotatable bonds is 3. The summed E-state index contributed by atoms with van der Waals surface area (Å²) in [6.07, 6.45) is 0. The van der Waals surface area contributed by atoms with Crippen molar-refractivity contribution in [3.05, 3.63) is 51.1 Å². The minimum absolute atomic E-state index is 0.171. The number of amides is 1. The zero-order chi connectivity index (χ0) is 14.8. The molecule has 0 radical (unpaired) electrons. The van der Waals surface area contributed by atoms with E-state index < -0.39 is 5.91 Å². The van der Waals surface area contributed by atoms with Gasteiger partial charge in [-0.05, 0) is 17.5 Å². The highest BCUT2D eigenvalue weighted by molar-refractivity contribution is 7.16. The van der Waals surface area contributed by atoms with Crippen molar-refractivity contribution >= 4 is 33.7 Å². The van der Waals surface area contributed by atoms with Crippen LogP contribution in [0, 0.1) is 0 Å². The molecule has 0 saturated heterocycles. The van der Waals surface area contributed by atoms with Crippen LogP contribution in [0.25, 0.3) is 10.6 Å². The molecule has 0 fully saturated rings. The molecule has 0 spiro atoms. The van der Waals surface area contributed by atoms with Gasteiger partial charge >= 0.3 is 0 Å². The van der Waals surface area contributed by atoms with Crippen LogP contribution in [0.1, 0.15) is 10.5 Å². The Bertz CT molecular complexity index is 836. The Hall–Kier alpha value is -2.32. The van der Waals surface area contributed by atoms with Gasteiger partial charge in [0.05, 0.1) is 10.6 Å². The van der Waals surface area contributed by atoms with Gasteiger partial charge in [0, 0.05) is 18.5 Å². The lowest BCUT2D eigenvalue weighted by molar-refractivity contribution is 0.102. The molecule has 0 aliphatic rings. The highest BCUT2D eigenvalue weighted by Gasteiger charge is 2.12. The maximum atomic E-state index is 12.1. The van der Waals surface area contributed by atoms with Crippen LogP contribution in [0.2, 0.25) is 0 Å². The third kappa shape index (κ3) is 2.91. The molecule has 0 aromatic carbocycles. The van der Waals surface area contributed by atoms with Crippen LogP contribution in [0.3, 0.4) is 0 Å². The Kier molecular flexibility index (Phi) is 3.63. The first-order valence-corrected chi connectivity index (χ1v) is 7.74. The SMILES string of the molecule is Cn1nc(C(=O)Nc2nc(-c3cccs3)cs2)ccc1=O. The number of hydrogen-bond acceptors (Lipinski definition) is 6. The van der Waals surface area contributed by atoms with E-state index >= 15 is 0 Å². The van der Waals surface area contributed by atoms with E-state index in [0.717, 1.165) is 15.3 Å². The van der Waals surface area contributed by atoms with Crippen molar-refractivity contribution in [3.63, 3.8) is 0 Å². The van der Waals surface area contributed by atoms with E-state index in [2.05, 4.69) is 15.4 Å². The van der Waals surface area contributed by atoms with Gasteiger partial charge in [-0.25, -0.2) is 9.67 Å². The fourth-order valence-corrected chi connectivity index (χ4v) is 3.12. The van der Waals surface area contributed by atoms with Crippen LogP contribution in [-0.4, -0.2) is 20.7 Å². The Balaban J connectivity index is 1.78. The summed E-state index contributed by atoms with van der Waals surface area (Å²) in [5, 5.41) is 10.9. The normalized spacial score (nSPS) is 10.5. The van der Waals surface area contributed by atoms with Crippen LogP contribution in [0.4, 0.5) is 5.13 Å². The predicted octanol–water partition coefficient (Wildman–Crippen LogP) is 2.22. The predicted molar refractivity (Wildman–Crippen MR) is 82.9 cm³/mol. The molecule has 0 unspecified atom stereocenters. The summed E-state index contributed by atoms with van der Waals surface area (Å²) >= 11 is 2.93. The minimum Gasteiger partial charge on any atom is -0.296 e. The van der Waals surface area contributed by atoms with Gasteiger partial charge in [-0.1, -0.05) is 6.07 Å². The minimum atomic E-state index is -0.391. The second kappa shape index (κ2) is 5.58. The zero-order valence-electron chi connectivity index (χ0n) is 10.9. The second-order valence-electron chi connectivity index (χ2n) is 4.15. The van der Waals surface area contributed by atoms with Gasteiger partial charge in [-0.2, -0.15) is 5.10 Å². The topological polar surface area (TPSA) is 76.9 Å². The third-order valence-corrected chi connectivity index (χ3v) is 4.34. The van der Waals surface area contributed by atoms with E-state index in [-0.39, 0.29) is 11.3 Å². The van der Waals surface area contributed by atoms with E-state index in [1.54, 1.807) is 11.3 Å². The lowest BCUT2D eigenvalue weighted by atomic mass is 10.4. The molecule has 1 amide bonds. The number of nitrogens with one attached hydrogen (secondary N) is 1. The number of anilines is 1. The molecule has 0 aliphatic heterocycles.